The van der Waals surface area contributed by atoms with E-state index < -0.39 is 10.0 Å². The highest BCUT2D eigenvalue weighted by atomic mass is 32.2. The van der Waals surface area contributed by atoms with Gasteiger partial charge in [-0.25, -0.2) is 22.7 Å². The van der Waals surface area contributed by atoms with Crippen molar-refractivity contribution < 1.29 is 8.42 Å². The highest BCUT2D eigenvalue weighted by molar-refractivity contribution is 7.89. The first-order valence-corrected chi connectivity index (χ1v) is 10.2. The number of hydrogen-bond acceptors (Lipinski definition) is 6. The van der Waals surface area contributed by atoms with Gasteiger partial charge in [-0.2, -0.15) is 0 Å². The normalized spacial score (nSPS) is 26.0. The molecule has 0 radical (unpaired) electrons. The number of sulfonamides is 1. The number of nitrogens with one attached hydrogen (secondary N) is 1. The van der Waals surface area contributed by atoms with E-state index in [0.717, 1.165) is 30.9 Å². The molecule has 0 bridgehead atoms. The first-order valence-electron chi connectivity index (χ1n) is 8.59. The largest absolute Gasteiger partial charge is 0.367 e. The Hall–Kier alpha value is -1.41. The Morgan fingerprint density at radius 3 is 2.67 bits per heavy atom. The maximum Gasteiger partial charge on any atom is 0.214 e. The van der Waals surface area contributed by atoms with Gasteiger partial charge in [0.25, 0.3) is 0 Å². The summed E-state index contributed by atoms with van der Waals surface area (Å²) in [6.07, 6.45) is 4.33. The van der Waals surface area contributed by atoms with E-state index in [1.54, 1.807) is 13.4 Å². The van der Waals surface area contributed by atoms with Crippen LogP contribution in [0.25, 0.3) is 0 Å². The van der Waals surface area contributed by atoms with E-state index in [4.69, 9.17) is 0 Å². The summed E-state index contributed by atoms with van der Waals surface area (Å²) in [4.78, 5) is 11.0. The second-order valence-corrected chi connectivity index (χ2v) is 9.19. The summed E-state index contributed by atoms with van der Waals surface area (Å²) in [6, 6.07) is 0.736. The van der Waals surface area contributed by atoms with Gasteiger partial charge in [-0.1, -0.05) is 6.92 Å². The van der Waals surface area contributed by atoms with Gasteiger partial charge in [0.15, 0.2) is 0 Å². The Morgan fingerprint density at radius 2 is 2.00 bits per heavy atom. The van der Waals surface area contributed by atoms with E-state index in [9.17, 15) is 8.42 Å². The molecule has 1 aromatic heterocycles. The molecule has 1 atom stereocenters. The lowest BCUT2D eigenvalue weighted by molar-refractivity contribution is 0.278. The third-order valence-electron chi connectivity index (χ3n) is 5.28. The maximum atomic E-state index is 12.2. The third-order valence-corrected chi connectivity index (χ3v) is 7.38. The summed E-state index contributed by atoms with van der Waals surface area (Å²) in [5, 5.41) is 3.36. The fourth-order valence-electron chi connectivity index (χ4n) is 3.56. The van der Waals surface area contributed by atoms with E-state index in [-0.39, 0.29) is 11.7 Å². The molecule has 8 heteroatoms. The second-order valence-electron chi connectivity index (χ2n) is 7.07. The van der Waals surface area contributed by atoms with Crippen molar-refractivity contribution in [2.24, 2.45) is 5.92 Å². The molecule has 24 heavy (non-hydrogen) atoms. The lowest BCUT2D eigenvalue weighted by Gasteiger charge is -2.42. The van der Waals surface area contributed by atoms with Crippen LogP contribution in [-0.4, -0.2) is 61.2 Å². The molecule has 1 saturated carbocycles. The maximum absolute atomic E-state index is 12.2. The van der Waals surface area contributed by atoms with Crippen molar-refractivity contribution in [2.75, 3.05) is 36.6 Å². The Bertz CT molecular complexity index is 702. The molecule has 7 nitrogen and oxygen atoms in total. The lowest BCUT2D eigenvalue weighted by Crippen LogP contribution is -2.46. The number of aromatic nitrogens is 2. The van der Waals surface area contributed by atoms with Crippen LogP contribution >= 0.6 is 0 Å². The predicted octanol–water partition coefficient (Wildman–Crippen LogP) is 1.33. The van der Waals surface area contributed by atoms with Crippen LogP contribution in [0.2, 0.25) is 0 Å². The van der Waals surface area contributed by atoms with Gasteiger partial charge < -0.3 is 10.2 Å². The molecule has 1 aliphatic heterocycles. The monoisotopic (exact) mass is 353 g/mol. The van der Waals surface area contributed by atoms with Crippen LogP contribution < -0.4 is 10.2 Å². The molecule has 1 N–H and O–H groups in total. The zero-order valence-electron chi connectivity index (χ0n) is 14.9. The van der Waals surface area contributed by atoms with Crippen LogP contribution in [-0.2, 0) is 16.4 Å². The van der Waals surface area contributed by atoms with Gasteiger partial charge in [0.1, 0.15) is 18.0 Å². The first kappa shape index (κ1) is 17.4. The van der Waals surface area contributed by atoms with Crippen molar-refractivity contribution >= 4 is 21.7 Å². The van der Waals surface area contributed by atoms with Crippen LogP contribution in [0.1, 0.15) is 32.3 Å². The standard InChI is InChI=1S/C16H27N5O2S/c1-5-20(3)24(22,23)9-12-7-13(8-12)21(4)16-14-6-11(2)19-15(14)17-10-18-16/h10-13H,5-9H2,1-4H3,(H,17,18,19). The minimum Gasteiger partial charge on any atom is -0.367 e. The Labute approximate surface area is 144 Å². The Kier molecular flexibility index (Phi) is 4.70. The summed E-state index contributed by atoms with van der Waals surface area (Å²) in [5.74, 6) is 2.40. The summed E-state index contributed by atoms with van der Waals surface area (Å²) >= 11 is 0. The average Bonchev–Trinajstić information content (AvgIpc) is 2.88. The number of nitrogens with zero attached hydrogens (tertiary/aromatic N) is 4. The number of rotatable bonds is 6. The number of anilines is 2. The van der Waals surface area contributed by atoms with Crippen LogP contribution in [0, 0.1) is 5.92 Å². The fourth-order valence-corrected chi connectivity index (χ4v) is 5.07. The molecule has 2 heterocycles. The van der Waals surface area contributed by atoms with E-state index >= 15 is 0 Å². The minimum absolute atomic E-state index is 0.239. The van der Waals surface area contributed by atoms with Crippen molar-refractivity contribution in [2.45, 2.75) is 45.2 Å². The van der Waals surface area contributed by atoms with Crippen molar-refractivity contribution in [1.29, 1.82) is 0 Å². The molecule has 0 spiro atoms. The van der Waals surface area contributed by atoms with Gasteiger partial charge >= 0.3 is 0 Å². The molecule has 2 aliphatic rings. The molecule has 134 valence electrons. The summed E-state index contributed by atoms with van der Waals surface area (Å²) in [5.41, 5.74) is 1.18. The van der Waals surface area contributed by atoms with Crippen molar-refractivity contribution in [3.05, 3.63) is 11.9 Å². The Balaban J connectivity index is 1.62. The van der Waals surface area contributed by atoms with Crippen molar-refractivity contribution in [1.82, 2.24) is 14.3 Å². The van der Waals surface area contributed by atoms with E-state index in [1.807, 2.05) is 6.92 Å². The highest BCUT2D eigenvalue weighted by Crippen LogP contribution is 2.37. The van der Waals surface area contributed by atoms with Crippen molar-refractivity contribution in [3.63, 3.8) is 0 Å². The SMILES string of the molecule is CCN(C)S(=O)(=O)CC1CC(N(C)c2ncnc3c2CC(C)N3)C1. The average molecular weight is 353 g/mol. The van der Waals surface area contributed by atoms with Gasteiger partial charge in [0.2, 0.25) is 10.0 Å². The molecule has 1 unspecified atom stereocenters. The van der Waals surface area contributed by atoms with Gasteiger partial charge in [0.05, 0.1) is 5.75 Å². The van der Waals surface area contributed by atoms with Crippen LogP contribution in [0.3, 0.4) is 0 Å². The summed E-state index contributed by atoms with van der Waals surface area (Å²) in [7, 11) is 0.582. The topological polar surface area (TPSA) is 78.4 Å². The third kappa shape index (κ3) is 3.21. The molecule has 0 amide bonds. The fraction of sp³-hybridized carbons (Fsp3) is 0.750. The van der Waals surface area contributed by atoms with Crippen LogP contribution in [0.15, 0.2) is 6.33 Å². The second kappa shape index (κ2) is 6.48. The smallest absolute Gasteiger partial charge is 0.214 e. The van der Waals surface area contributed by atoms with Crippen LogP contribution in [0.5, 0.6) is 0 Å². The van der Waals surface area contributed by atoms with Crippen molar-refractivity contribution in [3.8, 4) is 0 Å². The van der Waals surface area contributed by atoms with Gasteiger partial charge in [-0.15, -0.1) is 0 Å². The molecule has 0 aromatic carbocycles. The van der Waals surface area contributed by atoms with E-state index in [2.05, 4.69) is 34.2 Å². The zero-order chi connectivity index (χ0) is 17.5. The number of fused-ring (bicyclic) bond motifs is 1. The van der Waals surface area contributed by atoms with Gasteiger partial charge in [0, 0.05) is 38.3 Å². The number of hydrogen-bond donors (Lipinski definition) is 1. The molecule has 0 saturated heterocycles. The highest BCUT2D eigenvalue weighted by Gasteiger charge is 2.37. The summed E-state index contributed by atoms with van der Waals surface area (Å²) in [6.45, 7) is 4.52. The molecule has 1 fully saturated rings. The molecular formula is C16H27N5O2S. The molecular weight excluding hydrogens is 326 g/mol. The first-order chi connectivity index (χ1) is 11.3. The lowest BCUT2D eigenvalue weighted by atomic mass is 9.80. The zero-order valence-corrected chi connectivity index (χ0v) is 15.7. The molecule has 3 rings (SSSR count). The quantitative estimate of drug-likeness (QED) is 0.831. The van der Waals surface area contributed by atoms with Crippen LogP contribution in [0.4, 0.5) is 11.6 Å². The Morgan fingerprint density at radius 1 is 1.29 bits per heavy atom. The molecule has 1 aliphatic carbocycles. The van der Waals surface area contributed by atoms with Gasteiger partial charge in [-0.3, -0.25) is 0 Å². The molecule has 1 aromatic rings. The van der Waals surface area contributed by atoms with Gasteiger partial charge in [-0.05, 0) is 32.1 Å². The van der Waals surface area contributed by atoms with E-state index in [0.29, 0.717) is 18.6 Å². The van der Waals surface area contributed by atoms with E-state index in [1.165, 1.54) is 9.87 Å². The predicted molar refractivity (Wildman–Crippen MR) is 95.8 cm³/mol. The summed E-state index contributed by atoms with van der Waals surface area (Å²) < 4.78 is 25.8. The minimum atomic E-state index is -3.12.